The molecule has 0 atom stereocenters. The molecule has 3 rings (SSSR count). The maximum atomic E-state index is 14.3. The lowest BCUT2D eigenvalue weighted by molar-refractivity contribution is 0.0601. The lowest BCUT2D eigenvalue weighted by Crippen LogP contribution is -2.10. The zero-order valence-electron chi connectivity index (χ0n) is 11.8. The van der Waals surface area contributed by atoms with Gasteiger partial charge in [-0.25, -0.2) is 9.18 Å². The van der Waals surface area contributed by atoms with Gasteiger partial charge in [-0.3, -0.25) is 4.68 Å². The van der Waals surface area contributed by atoms with Crippen LogP contribution in [0.15, 0.2) is 12.1 Å². The molecule has 2 aromatic rings. The Morgan fingerprint density at radius 3 is 2.82 bits per heavy atom. The van der Waals surface area contributed by atoms with Gasteiger partial charge < -0.3 is 4.74 Å². The average molecular weight is 343 g/mol. The summed E-state index contributed by atoms with van der Waals surface area (Å²) in [5.41, 5.74) is 1.47. The molecule has 0 unspecified atom stereocenters. The summed E-state index contributed by atoms with van der Waals surface area (Å²) in [4.78, 5) is 11.7. The predicted octanol–water partition coefficient (Wildman–Crippen LogP) is 4.12. The quantitative estimate of drug-likeness (QED) is 0.771. The Kier molecular flexibility index (Phi) is 4.10. The monoisotopic (exact) mass is 342 g/mol. The number of halogens is 3. The molecule has 0 fully saturated rings. The van der Waals surface area contributed by atoms with Crippen molar-refractivity contribution in [2.75, 3.05) is 7.11 Å². The third-order valence-electron chi connectivity index (χ3n) is 3.74. The number of hydrogen-bond donors (Lipinski definition) is 0. The molecule has 0 saturated carbocycles. The molecule has 0 saturated heterocycles. The van der Waals surface area contributed by atoms with Crippen LogP contribution in [0, 0.1) is 5.82 Å². The summed E-state index contributed by atoms with van der Waals surface area (Å²) in [5, 5.41) is 4.81. The van der Waals surface area contributed by atoms with Crippen LogP contribution in [-0.2, 0) is 17.7 Å². The van der Waals surface area contributed by atoms with Gasteiger partial charge in [0.15, 0.2) is 0 Å². The molecule has 4 nitrogen and oxygen atoms in total. The van der Waals surface area contributed by atoms with Crippen LogP contribution in [0.5, 0.6) is 0 Å². The summed E-state index contributed by atoms with van der Waals surface area (Å²) in [6, 6.07) is 2.42. The summed E-state index contributed by atoms with van der Waals surface area (Å²) in [7, 11) is 1.24. The Morgan fingerprint density at radius 1 is 1.36 bits per heavy atom. The highest BCUT2D eigenvalue weighted by Gasteiger charge is 2.24. The number of benzene rings is 1. The summed E-state index contributed by atoms with van der Waals surface area (Å²) < 4.78 is 20.7. The maximum Gasteiger partial charge on any atom is 0.339 e. The van der Waals surface area contributed by atoms with Gasteiger partial charge in [-0.1, -0.05) is 23.2 Å². The number of methoxy groups -OCH3 is 1. The van der Waals surface area contributed by atoms with E-state index in [4.69, 9.17) is 23.2 Å². The molecule has 0 bridgehead atoms. The second kappa shape index (κ2) is 5.89. The molecule has 1 aromatic carbocycles. The molecule has 0 N–H and O–H groups in total. The summed E-state index contributed by atoms with van der Waals surface area (Å²) >= 11 is 12.3. The fraction of sp³-hybridized carbons (Fsp3) is 0.333. The van der Waals surface area contributed by atoms with Crippen LogP contribution >= 0.6 is 23.2 Å². The van der Waals surface area contributed by atoms with Gasteiger partial charge in [0, 0.05) is 12.1 Å². The third kappa shape index (κ3) is 2.48. The number of rotatable bonds is 2. The minimum absolute atomic E-state index is 0.00630. The van der Waals surface area contributed by atoms with Gasteiger partial charge in [0.05, 0.1) is 28.4 Å². The Bertz CT molecular complexity index is 758. The van der Waals surface area contributed by atoms with Crippen molar-refractivity contribution in [3.63, 3.8) is 0 Å². The molecule has 7 heteroatoms. The van der Waals surface area contributed by atoms with Crippen molar-refractivity contribution >= 4 is 29.2 Å². The Hall–Kier alpha value is -1.59. The first-order valence-electron chi connectivity index (χ1n) is 6.86. The van der Waals surface area contributed by atoms with E-state index < -0.39 is 11.8 Å². The van der Waals surface area contributed by atoms with Gasteiger partial charge in [0.2, 0.25) is 0 Å². The van der Waals surface area contributed by atoms with Crippen molar-refractivity contribution in [1.82, 2.24) is 9.78 Å². The lowest BCUT2D eigenvalue weighted by Gasteiger charge is -2.12. The predicted molar refractivity (Wildman–Crippen MR) is 81.9 cm³/mol. The largest absolute Gasteiger partial charge is 0.465 e. The molecule has 1 aliphatic rings. The second-order valence-corrected chi connectivity index (χ2v) is 5.88. The Balaban J connectivity index is 2.16. The van der Waals surface area contributed by atoms with Crippen molar-refractivity contribution in [1.29, 1.82) is 0 Å². The van der Waals surface area contributed by atoms with Crippen molar-refractivity contribution in [3.8, 4) is 11.3 Å². The summed E-state index contributed by atoms with van der Waals surface area (Å²) in [6.07, 6.45) is 2.85. The maximum absolute atomic E-state index is 14.3. The van der Waals surface area contributed by atoms with Crippen LogP contribution in [0.1, 0.15) is 28.9 Å². The molecule has 0 amide bonds. The standard InChI is InChI=1S/C15H13Cl2FN2O2/c1-22-15(21)8-6-9(11(18)7-10(8)16)14-13(17)12-4-2-3-5-20(12)19-14/h6-7H,2-5H2,1H3. The average Bonchev–Trinajstić information content (AvgIpc) is 2.84. The third-order valence-corrected chi connectivity index (χ3v) is 4.45. The zero-order chi connectivity index (χ0) is 15.9. The molecule has 1 aromatic heterocycles. The van der Waals surface area contributed by atoms with Gasteiger partial charge >= 0.3 is 5.97 Å². The number of aryl methyl sites for hydroxylation is 1. The number of ether oxygens (including phenoxy) is 1. The van der Waals surface area contributed by atoms with Crippen LogP contribution in [0.3, 0.4) is 0 Å². The van der Waals surface area contributed by atoms with Crippen molar-refractivity contribution in [2.45, 2.75) is 25.8 Å². The molecule has 22 heavy (non-hydrogen) atoms. The van der Waals surface area contributed by atoms with Crippen LogP contribution in [0.4, 0.5) is 4.39 Å². The SMILES string of the molecule is COC(=O)c1cc(-c2nn3c(c2Cl)CCCC3)c(F)cc1Cl. The fourth-order valence-electron chi connectivity index (χ4n) is 2.62. The normalized spacial score (nSPS) is 13.8. The van der Waals surface area contributed by atoms with E-state index in [1.807, 2.05) is 0 Å². The van der Waals surface area contributed by atoms with Crippen LogP contribution in [-0.4, -0.2) is 22.9 Å². The first kappa shape index (κ1) is 15.3. The smallest absolute Gasteiger partial charge is 0.339 e. The van der Waals surface area contributed by atoms with Crippen LogP contribution in [0.2, 0.25) is 10.0 Å². The first-order chi connectivity index (χ1) is 10.5. The highest BCUT2D eigenvalue weighted by Crippen LogP contribution is 2.36. The molecule has 0 spiro atoms. The Morgan fingerprint density at radius 2 is 2.14 bits per heavy atom. The first-order valence-corrected chi connectivity index (χ1v) is 7.61. The van der Waals surface area contributed by atoms with E-state index in [-0.39, 0.29) is 16.1 Å². The molecule has 2 heterocycles. The van der Waals surface area contributed by atoms with E-state index in [1.165, 1.54) is 13.2 Å². The topological polar surface area (TPSA) is 44.1 Å². The highest BCUT2D eigenvalue weighted by molar-refractivity contribution is 6.34. The number of hydrogen-bond acceptors (Lipinski definition) is 3. The van der Waals surface area contributed by atoms with E-state index in [1.54, 1.807) is 4.68 Å². The fourth-order valence-corrected chi connectivity index (χ4v) is 3.18. The number of aromatic nitrogens is 2. The van der Waals surface area contributed by atoms with Crippen molar-refractivity contribution < 1.29 is 13.9 Å². The van der Waals surface area contributed by atoms with Crippen LogP contribution < -0.4 is 0 Å². The second-order valence-electron chi connectivity index (χ2n) is 5.09. The number of esters is 1. The molecule has 1 aliphatic heterocycles. The molecular formula is C15H13Cl2FN2O2. The van der Waals surface area contributed by atoms with Crippen molar-refractivity contribution in [2.24, 2.45) is 0 Å². The Labute approximate surface area is 136 Å². The van der Waals surface area contributed by atoms with Gasteiger partial charge in [0.1, 0.15) is 11.5 Å². The van der Waals surface area contributed by atoms with E-state index >= 15 is 0 Å². The summed E-state index contributed by atoms with van der Waals surface area (Å²) in [5.74, 6) is -1.21. The van der Waals surface area contributed by atoms with Gasteiger partial charge in [0.25, 0.3) is 0 Å². The van der Waals surface area contributed by atoms with E-state index in [0.29, 0.717) is 10.7 Å². The summed E-state index contributed by atoms with van der Waals surface area (Å²) in [6.45, 7) is 0.758. The molecular weight excluding hydrogens is 330 g/mol. The molecule has 116 valence electrons. The molecule has 0 radical (unpaired) electrons. The number of nitrogens with zero attached hydrogens (tertiary/aromatic N) is 2. The van der Waals surface area contributed by atoms with Crippen LogP contribution in [0.25, 0.3) is 11.3 Å². The number of carbonyl (C=O) groups excluding carboxylic acids is 1. The number of fused-ring (bicyclic) bond motifs is 1. The van der Waals surface area contributed by atoms with Gasteiger partial charge in [-0.2, -0.15) is 5.10 Å². The zero-order valence-corrected chi connectivity index (χ0v) is 13.3. The minimum atomic E-state index is -0.633. The minimum Gasteiger partial charge on any atom is -0.465 e. The van der Waals surface area contributed by atoms with E-state index in [9.17, 15) is 9.18 Å². The van der Waals surface area contributed by atoms with E-state index in [2.05, 4.69) is 9.84 Å². The highest BCUT2D eigenvalue weighted by atomic mass is 35.5. The van der Waals surface area contributed by atoms with E-state index in [0.717, 1.165) is 37.6 Å². The van der Waals surface area contributed by atoms with Crippen molar-refractivity contribution in [3.05, 3.63) is 39.3 Å². The lowest BCUT2D eigenvalue weighted by atomic mass is 10.1. The van der Waals surface area contributed by atoms with Gasteiger partial charge in [-0.05, 0) is 31.4 Å². The molecule has 0 aliphatic carbocycles. The number of carbonyl (C=O) groups is 1. The van der Waals surface area contributed by atoms with Gasteiger partial charge in [-0.15, -0.1) is 0 Å².